The first kappa shape index (κ1) is 15.1. The van der Waals surface area contributed by atoms with Gasteiger partial charge in [0.1, 0.15) is 0 Å². The summed E-state index contributed by atoms with van der Waals surface area (Å²) in [5, 5.41) is 0. The van der Waals surface area contributed by atoms with Gasteiger partial charge >= 0.3 is 0 Å². The van der Waals surface area contributed by atoms with Crippen LogP contribution in [0.5, 0.6) is 0 Å². The summed E-state index contributed by atoms with van der Waals surface area (Å²) >= 11 is 3.41. The topological polar surface area (TPSA) is 37.4 Å². The van der Waals surface area contributed by atoms with Gasteiger partial charge in [0.2, 0.25) is 10.0 Å². The number of rotatable bonds is 3. The molecule has 5 heteroatoms. The number of halogens is 1. The standard InChI is InChI=1S/C15H16BrNO2S/c1-11-8-9-13(10-12(11)2)17(20(3,18)19)15-7-5-4-6-14(15)16/h4-10H,1-3H3. The summed E-state index contributed by atoms with van der Waals surface area (Å²) in [5.41, 5.74) is 3.44. The van der Waals surface area contributed by atoms with E-state index in [1.54, 1.807) is 6.07 Å². The van der Waals surface area contributed by atoms with Crippen LogP contribution in [0, 0.1) is 13.8 Å². The van der Waals surface area contributed by atoms with Crippen LogP contribution in [0.15, 0.2) is 46.9 Å². The van der Waals surface area contributed by atoms with E-state index in [0.29, 0.717) is 11.4 Å². The van der Waals surface area contributed by atoms with E-state index >= 15 is 0 Å². The Bertz CT molecular complexity index is 741. The summed E-state index contributed by atoms with van der Waals surface area (Å²) in [5.74, 6) is 0. The number of hydrogen-bond donors (Lipinski definition) is 0. The van der Waals surface area contributed by atoms with Gasteiger partial charge in [0.25, 0.3) is 0 Å². The van der Waals surface area contributed by atoms with Gasteiger partial charge in [-0.2, -0.15) is 0 Å². The zero-order valence-corrected chi connectivity index (χ0v) is 14.0. The summed E-state index contributed by atoms with van der Waals surface area (Å²) in [6.07, 6.45) is 1.21. The van der Waals surface area contributed by atoms with E-state index in [1.165, 1.54) is 10.6 Å². The maximum Gasteiger partial charge on any atom is 0.236 e. The Morgan fingerprint density at radius 1 is 1.00 bits per heavy atom. The van der Waals surface area contributed by atoms with Gasteiger partial charge in [0.05, 0.1) is 17.6 Å². The number of hydrogen-bond acceptors (Lipinski definition) is 2. The first-order valence-electron chi connectivity index (χ1n) is 6.13. The van der Waals surface area contributed by atoms with Crippen molar-refractivity contribution < 1.29 is 8.42 Å². The van der Waals surface area contributed by atoms with Gasteiger partial charge in [-0.05, 0) is 65.2 Å². The van der Waals surface area contributed by atoms with Crippen LogP contribution in [-0.4, -0.2) is 14.7 Å². The largest absolute Gasteiger partial charge is 0.238 e. The van der Waals surface area contributed by atoms with Gasteiger partial charge in [-0.15, -0.1) is 0 Å². The molecule has 20 heavy (non-hydrogen) atoms. The van der Waals surface area contributed by atoms with E-state index in [4.69, 9.17) is 0 Å². The van der Waals surface area contributed by atoms with Crippen molar-refractivity contribution >= 4 is 37.3 Å². The van der Waals surface area contributed by atoms with Gasteiger partial charge in [-0.3, -0.25) is 0 Å². The van der Waals surface area contributed by atoms with E-state index in [9.17, 15) is 8.42 Å². The molecular formula is C15H16BrNO2S. The zero-order valence-electron chi connectivity index (χ0n) is 11.6. The average Bonchev–Trinajstić information content (AvgIpc) is 2.35. The lowest BCUT2D eigenvalue weighted by Crippen LogP contribution is -2.25. The maximum absolute atomic E-state index is 12.2. The van der Waals surface area contributed by atoms with Crippen LogP contribution >= 0.6 is 15.9 Å². The van der Waals surface area contributed by atoms with Gasteiger partial charge in [0.15, 0.2) is 0 Å². The fourth-order valence-electron chi connectivity index (χ4n) is 1.98. The summed E-state index contributed by atoms with van der Waals surface area (Å²) in [6.45, 7) is 3.97. The van der Waals surface area contributed by atoms with Crippen LogP contribution in [0.4, 0.5) is 11.4 Å². The van der Waals surface area contributed by atoms with Crippen molar-refractivity contribution in [1.29, 1.82) is 0 Å². The minimum Gasteiger partial charge on any atom is -0.238 e. The number of aryl methyl sites for hydroxylation is 2. The summed E-state index contributed by atoms with van der Waals surface area (Å²) in [6, 6.07) is 12.9. The number of para-hydroxylation sites is 1. The molecular weight excluding hydrogens is 338 g/mol. The number of anilines is 2. The van der Waals surface area contributed by atoms with Gasteiger partial charge < -0.3 is 0 Å². The first-order valence-corrected chi connectivity index (χ1v) is 8.77. The molecule has 106 valence electrons. The van der Waals surface area contributed by atoms with Crippen LogP contribution in [0.2, 0.25) is 0 Å². The Kier molecular flexibility index (Phi) is 4.20. The highest BCUT2D eigenvalue weighted by Crippen LogP contribution is 2.34. The van der Waals surface area contributed by atoms with Crippen molar-refractivity contribution in [2.45, 2.75) is 13.8 Å². The van der Waals surface area contributed by atoms with Crippen LogP contribution in [0.1, 0.15) is 11.1 Å². The van der Waals surface area contributed by atoms with Gasteiger partial charge in [-0.25, -0.2) is 12.7 Å². The zero-order chi connectivity index (χ0) is 14.9. The molecule has 0 bridgehead atoms. The highest BCUT2D eigenvalue weighted by molar-refractivity contribution is 9.10. The monoisotopic (exact) mass is 353 g/mol. The first-order chi connectivity index (χ1) is 9.30. The molecule has 2 aromatic rings. The molecule has 2 rings (SSSR count). The lowest BCUT2D eigenvalue weighted by atomic mass is 10.1. The smallest absolute Gasteiger partial charge is 0.236 e. The van der Waals surface area contributed by atoms with Crippen molar-refractivity contribution in [2.24, 2.45) is 0 Å². The second-order valence-corrected chi connectivity index (χ2v) is 7.43. The molecule has 0 saturated carbocycles. The third-order valence-electron chi connectivity index (χ3n) is 3.13. The Morgan fingerprint density at radius 3 is 2.20 bits per heavy atom. The van der Waals surface area contributed by atoms with Crippen molar-refractivity contribution in [1.82, 2.24) is 0 Å². The Labute approximate surface area is 128 Å². The molecule has 0 amide bonds. The van der Waals surface area contributed by atoms with E-state index < -0.39 is 10.0 Å². The highest BCUT2D eigenvalue weighted by Gasteiger charge is 2.21. The minimum atomic E-state index is -3.42. The molecule has 3 nitrogen and oxygen atoms in total. The molecule has 0 spiro atoms. The molecule has 2 aromatic carbocycles. The molecule has 0 radical (unpaired) electrons. The third kappa shape index (κ3) is 3.04. The molecule has 0 atom stereocenters. The lowest BCUT2D eigenvalue weighted by Gasteiger charge is -2.24. The SMILES string of the molecule is Cc1ccc(N(c2ccccc2Br)S(C)(=O)=O)cc1C. The Morgan fingerprint density at radius 2 is 1.65 bits per heavy atom. The predicted octanol–water partition coefficient (Wildman–Crippen LogP) is 4.16. The fourth-order valence-corrected chi connectivity index (χ4v) is 3.57. The molecule has 0 saturated heterocycles. The Hall–Kier alpha value is -1.33. The molecule has 0 fully saturated rings. The molecule has 0 aliphatic carbocycles. The Balaban J connectivity index is 2.66. The second-order valence-electron chi connectivity index (χ2n) is 4.75. The van der Waals surface area contributed by atoms with E-state index in [1.807, 2.05) is 50.2 Å². The van der Waals surface area contributed by atoms with Gasteiger partial charge in [0, 0.05) is 4.47 Å². The summed E-state index contributed by atoms with van der Waals surface area (Å²) < 4.78 is 26.5. The number of nitrogens with zero attached hydrogens (tertiary/aromatic N) is 1. The van der Waals surface area contributed by atoms with Crippen molar-refractivity contribution in [3.05, 3.63) is 58.1 Å². The quantitative estimate of drug-likeness (QED) is 0.830. The normalized spacial score (nSPS) is 11.4. The summed E-state index contributed by atoms with van der Waals surface area (Å²) in [7, 11) is -3.42. The van der Waals surface area contributed by atoms with Crippen molar-refractivity contribution in [3.63, 3.8) is 0 Å². The third-order valence-corrected chi connectivity index (χ3v) is 4.87. The molecule has 0 aromatic heterocycles. The molecule has 0 heterocycles. The summed E-state index contributed by atoms with van der Waals surface area (Å²) in [4.78, 5) is 0. The lowest BCUT2D eigenvalue weighted by molar-refractivity contribution is 0.602. The van der Waals surface area contributed by atoms with Gasteiger partial charge in [-0.1, -0.05) is 18.2 Å². The molecule has 0 N–H and O–H groups in total. The average molecular weight is 354 g/mol. The number of sulfonamides is 1. The molecule has 0 aliphatic heterocycles. The van der Waals surface area contributed by atoms with Crippen LogP contribution in [-0.2, 0) is 10.0 Å². The fraction of sp³-hybridized carbons (Fsp3) is 0.200. The van der Waals surface area contributed by atoms with Crippen LogP contribution in [0.3, 0.4) is 0 Å². The maximum atomic E-state index is 12.2. The van der Waals surface area contributed by atoms with E-state index in [2.05, 4.69) is 15.9 Å². The predicted molar refractivity (Wildman–Crippen MR) is 87.0 cm³/mol. The number of benzene rings is 2. The second kappa shape index (κ2) is 5.58. The van der Waals surface area contributed by atoms with Crippen LogP contribution < -0.4 is 4.31 Å². The van der Waals surface area contributed by atoms with E-state index in [-0.39, 0.29) is 0 Å². The molecule has 0 unspecified atom stereocenters. The highest BCUT2D eigenvalue weighted by atomic mass is 79.9. The molecule has 0 aliphatic rings. The minimum absolute atomic E-state index is 0.609. The van der Waals surface area contributed by atoms with Crippen molar-refractivity contribution in [3.8, 4) is 0 Å². The van der Waals surface area contributed by atoms with Crippen LogP contribution in [0.25, 0.3) is 0 Å². The van der Waals surface area contributed by atoms with E-state index in [0.717, 1.165) is 15.6 Å². The van der Waals surface area contributed by atoms with Crippen molar-refractivity contribution in [2.75, 3.05) is 10.6 Å².